The van der Waals surface area contributed by atoms with Crippen LogP contribution in [0, 0.1) is 0 Å². The molecule has 130 valence electrons. The van der Waals surface area contributed by atoms with Gasteiger partial charge >= 0.3 is 11.9 Å². The number of esters is 2. The van der Waals surface area contributed by atoms with Crippen molar-refractivity contribution in [1.29, 1.82) is 0 Å². The summed E-state index contributed by atoms with van der Waals surface area (Å²) in [5.41, 5.74) is 1.82. The zero-order chi connectivity index (χ0) is 17.4. The smallest absolute Gasteiger partial charge is 0.338 e. The second-order valence-corrected chi connectivity index (χ2v) is 5.08. The summed E-state index contributed by atoms with van der Waals surface area (Å²) in [7, 11) is 0. The molecule has 2 rings (SSSR count). The van der Waals surface area contributed by atoms with Crippen molar-refractivity contribution in [1.82, 2.24) is 0 Å². The summed E-state index contributed by atoms with van der Waals surface area (Å²) in [4.78, 5) is 23.5. The zero-order valence-electron chi connectivity index (χ0n) is 13.9. The van der Waals surface area contributed by atoms with Gasteiger partial charge in [0.2, 0.25) is 0 Å². The second kappa shape index (κ2) is 9.20. The highest BCUT2D eigenvalue weighted by molar-refractivity contribution is 5.91. The Hall–Kier alpha value is -2.18. The van der Waals surface area contributed by atoms with Crippen molar-refractivity contribution >= 4 is 18.0 Å². The molecule has 1 aromatic carbocycles. The third-order valence-electron chi connectivity index (χ3n) is 3.36. The van der Waals surface area contributed by atoms with Gasteiger partial charge in [0.25, 0.3) is 0 Å². The van der Waals surface area contributed by atoms with Crippen molar-refractivity contribution in [3.8, 4) is 0 Å². The summed E-state index contributed by atoms with van der Waals surface area (Å²) in [6.45, 7) is 5.27. The van der Waals surface area contributed by atoms with Crippen molar-refractivity contribution in [3.05, 3.63) is 41.0 Å². The maximum Gasteiger partial charge on any atom is 0.338 e. The highest BCUT2D eigenvalue weighted by Crippen LogP contribution is 2.28. The van der Waals surface area contributed by atoms with Crippen molar-refractivity contribution in [2.75, 3.05) is 26.4 Å². The third kappa shape index (κ3) is 4.91. The molecule has 1 aliphatic rings. The van der Waals surface area contributed by atoms with Crippen molar-refractivity contribution in [2.45, 2.75) is 26.6 Å². The van der Waals surface area contributed by atoms with Gasteiger partial charge < -0.3 is 18.9 Å². The highest BCUT2D eigenvalue weighted by Gasteiger charge is 2.21. The van der Waals surface area contributed by atoms with Gasteiger partial charge in [-0.25, -0.2) is 9.59 Å². The van der Waals surface area contributed by atoms with Crippen LogP contribution in [-0.2, 0) is 23.7 Å². The number of hydrogen-bond acceptors (Lipinski definition) is 6. The summed E-state index contributed by atoms with van der Waals surface area (Å²) < 4.78 is 21.2. The van der Waals surface area contributed by atoms with Crippen LogP contribution in [0.5, 0.6) is 0 Å². The van der Waals surface area contributed by atoms with Crippen LogP contribution in [0.2, 0.25) is 0 Å². The lowest BCUT2D eigenvalue weighted by molar-refractivity contribution is -0.183. The van der Waals surface area contributed by atoms with Crippen molar-refractivity contribution < 1.29 is 28.5 Å². The molecule has 0 amide bonds. The quantitative estimate of drug-likeness (QED) is 0.588. The number of carbonyl (C=O) groups excluding carboxylic acids is 2. The Morgan fingerprint density at radius 1 is 1.17 bits per heavy atom. The Balaban J connectivity index is 2.30. The Morgan fingerprint density at radius 2 is 1.88 bits per heavy atom. The summed E-state index contributed by atoms with van der Waals surface area (Å²) in [6, 6.07) is 5.06. The molecule has 0 bridgehead atoms. The van der Waals surface area contributed by atoms with Crippen LogP contribution in [0.4, 0.5) is 0 Å². The number of rotatable bonds is 6. The fraction of sp³-hybridized carbons (Fsp3) is 0.444. The minimum atomic E-state index is -0.574. The number of carbonyl (C=O) groups is 2. The highest BCUT2D eigenvalue weighted by atomic mass is 16.7. The predicted octanol–water partition coefficient (Wildman–Crippen LogP) is 2.88. The Bertz CT molecular complexity index is 602. The number of benzene rings is 1. The molecule has 6 nitrogen and oxygen atoms in total. The van der Waals surface area contributed by atoms with Gasteiger partial charge in [0.05, 0.1) is 32.0 Å². The minimum absolute atomic E-state index is 0.301. The van der Waals surface area contributed by atoms with Crippen LogP contribution in [0.15, 0.2) is 24.3 Å². The third-order valence-corrected chi connectivity index (χ3v) is 3.36. The van der Waals surface area contributed by atoms with Crippen molar-refractivity contribution in [2.24, 2.45) is 0 Å². The first kappa shape index (κ1) is 18.2. The number of ether oxygens (including phenoxy) is 4. The molecule has 1 fully saturated rings. The maximum absolute atomic E-state index is 11.9. The molecule has 0 spiro atoms. The van der Waals surface area contributed by atoms with Crippen LogP contribution in [0.25, 0.3) is 6.08 Å². The molecule has 0 N–H and O–H groups in total. The van der Waals surface area contributed by atoms with Gasteiger partial charge in [-0.3, -0.25) is 0 Å². The molecule has 0 aliphatic carbocycles. The van der Waals surface area contributed by atoms with Gasteiger partial charge in [-0.2, -0.15) is 0 Å². The SMILES string of the molecule is CCOC(=O)/C=C/c1ccc(C(=O)OCC)cc1C1OCCCO1. The minimum Gasteiger partial charge on any atom is -0.463 e. The molecule has 0 unspecified atom stereocenters. The molecule has 1 aromatic rings. The molecular formula is C18H22O6. The first-order valence-electron chi connectivity index (χ1n) is 8.04. The molecule has 1 aliphatic heterocycles. The standard InChI is InChI=1S/C18H22O6/c1-3-21-16(19)9-8-13-6-7-14(17(20)22-4-2)12-15(13)18-23-10-5-11-24-18/h6-9,12,18H,3-5,10-11H2,1-2H3/b9-8+. The van der Waals surface area contributed by atoms with Gasteiger partial charge in [-0.05, 0) is 44.0 Å². The molecule has 0 radical (unpaired) electrons. The summed E-state index contributed by atoms with van der Waals surface area (Å²) in [5, 5.41) is 0. The fourth-order valence-electron chi connectivity index (χ4n) is 2.29. The molecule has 0 atom stereocenters. The molecular weight excluding hydrogens is 312 g/mol. The second-order valence-electron chi connectivity index (χ2n) is 5.08. The van der Waals surface area contributed by atoms with E-state index in [0.717, 1.165) is 12.0 Å². The fourth-order valence-corrected chi connectivity index (χ4v) is 2.29. The molecule has 0 aromatic heterocycles. The van der Waals surface area contributed by atoms with E-state index in [1.807, 2.05) is 0 Å². The molecule has 24 heavy (non-hydrogen) atoms. The maximum atomic E-state index is 11.9. The lowest BCUT2D eigenvalue weighted by atomic mass is 10.0. The van der Waals surface area contributed by atoms with E-state index in [2.05, 4.69) is 0 Å². The van der Waals surface area contributed by atoms with Crippen molar-refractivity contribution in [3.63, 3.8) is 0 Å². The van der Waals surface area contributed by atoms with Gasteiger partial charge in [0, 0.05) is 11.6 Å². The van der Waals surface area contributed by atoms with E-state index in [1.54, 1.807) is 38.1 Å². The summed E-state index contributed by atoms with van der Waals surface area (Å²) in [5.74, 6) is -0.834. The normalized spacial score (nSPS) is 15.4. The zero-order valence-corrected chi connectivity index (χ0v) is 13.9. The van der Waals surface area contributed by atoms with Gasteiger partial charge in [0.1, 0.15) is 0 Å². The van der Waals surface area contributed by atoms with E-state index in [4.69, 9.17) is 18.9 Å². The first-order chi connectivity index (χ1) is 11.7. The van der Waals surface area contributed by atoms with E-state index < -0.39 is 18.2 Å². The van der Waals surface area contributed by atoms with E-state index >= 15 is 0 Å². The van der Waals surface area contributed by atoms with Crippen LogP contribution < -0.4 is 0 Å². The predicted molar refractivity (Wildman–Crippen MR) is 87.3 cm³/mol. The van der Waals surface area contributed by atoms with E-state index in [0.29, 0.717) is 37.6 Å². The Morgan fingerprint density at radius 3 is 2.54 bits per heavy atom. The lowest BCUT2D eigenvalue weighted by Crippen LogP contribution is -2.19. The molecule has 1 heterocycles. The lowest BCUT2D eigenvalue weighted by Gasteiger charge is -2.25. The summed E-state index contributed by atoms with van der Waals surface area (Å²) in [6.07, 6.45) is 3.22. The first-order valence-corrected chi connectivity index (χ1v) is 8.04. The number of hydrogen-bond donors (Lipinski definition) is 0. The van der Waals surface area contributed by atoms with E-state index in [9.17, 15) is 9.59 Å². The van der Waals surface area contributed by atoms with Gasteiger partial charge in [-0.1, -0.05) is 6.07 Å². The molecule has 6 heteroatoms. The molecule has 1 saturated heterocycles. The van der Waals surface area contributed by atoms with E-state index in [1.165, 1.54) is 6.08 Å². The van der Waals surface area contributed by atoms with Crippen LogP contribution in [-0.4, -0.2) is 38.4 Å². The Labute approximate surface area is 141 Å². The van der Waals surface area contributed by atoms with Gasteiger partial charge in [-0.15, -0.1) is 0 Å². The van der Waals surface area contributed by atoms with Crippen LogP contribution in [0.3, 0.4) is 0 Å². The van der Waals surface area contributed by atoms with Crippen LogP contribution >= 0.6 is 0 Å². The van der Waals surface area contributed by atoms with Gasteiger partial charge in [0.15, 0.2) is 6.29 Å². The largest absolute Gasteiger partial charge is 0.463 e. The molecule has 0 saturated carbocycles. The monoisotopic (exact) mass is 334 g/mol. The van der Waals surface area contributed by atoms with E-state index in [-0.39, 0.29) is 0 Å². The Kier molecular flexibility index (Phi) is 6.96. The summed E-state index contributed by atoms with van der Waals surface area (Å²) >= 11 is 0. The topological polar surface area (TPSA) is 71.1 Å². The van der Waals surface area contributed by atoms with Crippen LogP contribution in [0.1, 0.15) is 48.0 Å². The average molecular weight is 334 g/mol. The average Bonchev–Trinajstić information content (AvgIpc) is 2.61.